The van der Waals surface area contributed by atoms with Gasteiger partial charge in [0.05, 0.1) is 21.6 Å². The van der Waals surface area contributed by atoms with Crippen molar-refractivity contribution in [3.63, 3.8) is 0 Å². The van der Waals surface area contributed by atoms with Gasteiger partial charge in [-0.2, -0.15) is 10.5 Å². The topological polar surface area (TPSA) is 77.9 Å². The van der Waals surface area contributed by atoms with Gasteiger partial charge in [0.2, 0.25) is 10.1 Å². The quantitative estimate of drug-likeness (QED) is 0.256. The Morgan fingerprint density at radius 1 is 0.972 bits per heavy atom. The minimum atomic E-state index is -1.51. The molecule has 1 atom stereocenters. The number of hydrazine groups is 1. The molecule has 36 heavy (non-hydrogen) atoms. The molecule has 2 heterocycles. The zero-order valence-electron chi connectivity index (χ0n) is 19.1. The third kappa shape index (κ3) is 4.60. The van der Waals surface area contributed by atoms with E-state index in [0.29, 0.717) is 26.6 Å². The number of hydrogen-bond donors (Lipinski definition) is 1. The molecule has 0 saturated heterocycles. The first-order valence-electron chi connectivity index (χ1n) is 10.8. The van der Waals surface area contributed by atoms with E-state index in [1.54, 1.807) is 41.4 Å². The highest BCUT2D eigenvalue weighted by Gasteiger charge is 2.51. The van der Waals surface area contributed by atoms with Crippen LogP contribution in [-0.4, -0.2) is 26.6 Å². The van der Waals surface area contributed by atoms with Crippen LogP contribution in [0.5, 0.6) is 0 Å². The summed E-state index contributed by atoms with van der Waals surface area (Å²) in [6.07, 6.45) is 0. The number of thiazole rings is 1. The van der Waals surface area contributed by atoms with E-state index >= 15 is 0 Å². The summed E-state index contributed by atoms with van der Waals surface area (Å²) in [5.74, 6) is -0.535. The number of rotatable bonds is 7. The fraction of sp³-hybridized carbons (Fsp3) is 0.120. The average Bonchev–Trinajstić information content (AvgIpc) is 3.45. The zero-order chi connectivity index (χ0) is 25.4. The minimum Gasteiger partial charge on any atom is -0.295 e. The number of hydrogen-bond acceptors (Lipinski definition) is 9. The lowest BCUT2D eigenvalue weighted by molar-refractivity contribution is -0.120. The first-order valence-corrected chi connectivity index (χ1v) is 13.2. The minimum absolute atomic E-state index is 0.188. The molecular weight excluding hydrogens is 537 g/mol. The summed E-state index contributed by atoms with van der Waals surface area (Å²) >= 11 is 15.1. The number of halogens is 2. The highest BCUT2D eigenvalue weighted by Crippen LogP contribution is 2.43. The van der Waals surface area contributed by atoms with Crippen LogP contribution in [-0.2, 0) is 9.59 Å². The van der Waals surface area contributed by atoms with Gasteiger partial charge in [-0.1, -0.05) is 58.8 Å². The molecule has 0 amide bonds. The van der Waals surface area contributed by atoms with Crippen molar-refractivity contribution in [1.29, 1.82) is 0 Å². The largest absolute Gasteiger partial charge is 0.295 e. The van der Waals surface area contributed by atoms with Crippen molar-refractivity contribution in [3.05, 3.63) is 82.8 Å². The predicted octanol–water partition coefficient (Wildman–Crippen LogP) is 6.64. The van der Waals surface area contributed by atoms with Gasteiger partial charge < -0.3 is 0 Å². The van der Waals surface area contributed by atoms with Crippen LogP contribution >= 0.6 is 46.3 Å². The van der Waals surface area contributed by atoms with Gasteiger partial charge in [0, 0.05) is 17.0 Å². The average molecular weight is 557 g/mol. The maximum Gasteiger partial charge on any atom is 0.241 e. The maximum atomic E-state index is 13.4. The van der Waals surface area contributed by atoms with Gasteiger partial charge >= 0.3 is 0 Å². The molecule has 1 aliphatic rings. The Balaban J connectivity index is 1.68. The van der Waals surface area contributed by atoms with Crippen LogP contribution in [0.15, 0.2) is 77.9 Å². The smallest absolute Gasteiger partial charge is 0.241 e. The Morgan fingerprint density at radius 3 is 2.36 bits per heavy atom. The summed E-state index contributed by atoms with van der Waals surface area (Å²) in [7, 11) is 0. The first-order chi connectivity index (χ1) is 17.3. The number of thioether (sulfide) groups is 1. The van der Waals surface area contributed by atoms with E-state index in [4.69, 9.17) is 28.2 Å². The van der Waals surface area contributed by atoms with E-state index < -0.39 is 4.99 Å². The molecule has 0 aliphatic carbocycles. The third-order valence-electron chi connectivity index (χ3n) is 5.37. The van der Waals surface area contributed by atoms with Crippen LogP contribution < -0.4 is 15.4 Å². The fourth-order valence-electron chi connectivity index (χ4n) is 3.67. The molecule has 1 N–H and O–H groups in total. The summed E-state index contributed by atoms with van der Waals surface area (Å²) in [6, 6.07) is 21.9. The Bertz CT molecular complexity index is 1490. The lowest BCUT2D eigenvalue weighted by Crippen LogP contribution is -2.62. The van der Waals surface area contributed by atoms with E-state index in [2.05, 4.69) is 10.5 Å². The molecule has 182 valence electrons. The number of nitrogens with one attached hydrogen (secondary N) is 1. The van der Waals surface area contributed by atoms with Gasteiger partial charge in [0.15, 0.2) is 16.6 Å². The van der Waals surface area contributed by atoms with Crippen LogP contribution in [0.1, 0.15) is 13.8 Å². The number of ketones is 2. The van der Waals surface area contributed by atoms with E-state index in [1.165, 1.54) is 30.2 Å². The van der Waals surface area contributed by atoms with Gasteiger partial charge in [-0.25, -0.2) is 15.0 Å². The van der Waals surface area contributed by atoms with E-state index in [9.17, 15) is 9.59 Å². The molecule has 5 rings (SSSR count). The summed E-state index contributed by atoms with van der Waals surface area (Å²) < 4.78 is 0.977. The summed E-state index contributed by atoms with van der Waals surface area (Å²) in [5, 5.41) is 9.49. The molecule has 7 nitrogen and oxygen atoms in total. The van der Waals surface area contributed by atoms with Crippen molar-refractivity contribution in [2.24, 2.45) is 5.10 Å². The van der Waals surface area contributed by atoms with E-state index in [0.717, 1.165) is 22.0 Å². The van der Waals surface area contributed by atoms with Crippen molar-refractivity contribution in [2.45, 2.75) is 18.8 Å². The molecule has 3 aromatic carbocycles. The van der Waals surface area contributed by atoms with Gasteiger partial charge in [-0.3, -0.25) is 9.59 Å². The summed E-state index contributed by atoms with van der Waals surface area (Å²) in [6.45, 7) is 2.87. The van der Waals surface area contributed by atoms with Crippen LogP contribution in [0.4, 0.5) is 16.5 Å². The predicted molar refractivity (Wildman–Crippen MR) is 149 cm³/mol. The Labute approximate surface area is 225 Å². The molecule has 4 aromatic rings. The van der Waals surface area contributed by atoms with Crippen molar-refractivity contribution in [2.75, 3.05) is 10.0 Å². The van der Waals surface area contributed by atoms with Gasteiger partial charge in [0.1, 0.15) is 0 Å². The molecule has 1 aromatic heterocycles. The molecule has 0 saturated carbocycles. The molecule has 0 bridgehead atoms. The number of hydrazone groups is 1. The number of carbonyl (C=O) groups excluding carboxylic acids is 2. The van der Waals surface area contributed by atoms with Crippen LogP contribution in [0.3, 0.4) is 0 Å². The van der Waals surface area contributed by atoms with Crippen LogP contribution in [0.2, 0.25) is 10.0 Å². The number of aromatic nitrogens is 1. The Hall–Kier alpha value is -2.95. The number of nitrogens with zero attached hydrogens (tertiary/aromatic N) is 4. The van der Waals surface area contributed by atoms with Crippen molar-refractivity contribution < 1.29 is 9.59 Å². The van der Waals surface area contributed by atoms with E-state index in [1.807, 2.05) is 36.4 Å². The molecule has 0 unspecified atom stereocenters. The Morgan fingerprint density at radius 2 is 1.69 bits per heavy atom. The summed E-state index contributed by atoms with van der Waals surface area (Å²) in [4.78, 5) is 29.1. The number of anilines is 3. The number of fused-ring (bicyclic) bond motifs is 1. The second-order valence-electron chi connectivity index (χ2n) is 7.95. The highest BCUT2D eigenvalue weighted by molar-refractivity contribution is 8.17. The number of carbonyl (C=O) groups is 2. The second-order valence-corrected chi connectivity index (χ2v) is 11.0. The fourth-order valence-corrected chi connectivity index (χ4v) is 6.05. The standard InChI is InChI=1S/C25H19Cl2N5O2S2/c1-15(33)23-29-32(20-10-6-8-18(27)14-20)25(36-23,16(2)34)30-31(19-9-5-7-17(26)13-19)24-28-21-11-3-4-12-22(21)35-24/h3-14,30H,1-2H3/t25-/m0/s1. The molecule has 0 spiro atoms. The molecular formula is C25H19Cl2N5O2S2. The van der Waals surface area contributed by atoms with Crippen molar-refractivity contribution in [3.8, 4) is 0 Å². The van der Waals surface area contributed by atoms with E-state index in [-0.39, 0.29) is 16.6 Å². The van der Waals surface area contributed by atoms with Crippen LogP contribution in [0, 0.1) is 0 Å². The monoisotopic (exact) mass is 555 g/mol. The highest BCUT2D eigenvalue weighted by atomic mass is 35.5. The first kappa shape index (κ1) is 24.7. The van der Waals surface area contributed by atoms with Gasteiger partial charge in [0.25, 0.3) is 0 Å². The molecule has 0 fully saturated rings. The van der Waals surface area contributed by atoms with Crippen molar-refractivity contribution in [1.82, 2.24) is 10.4 Å². The van der Waals surface area contributed by atoms with Gasteiger partial charge in [-0.15, -0.1) is 0 Å². The number of para-hydroxylation sites is 1. The number of benzene rings is 3. The second kappa shape index (κ2) is 9.84. The van der Waals surface area contributed by atoms with Gasteiger partial charge in [-0.05, 0) is 67.2 Å². The number of Topliss-reactive ketones (excluding diaryl/α,β-unsaturated/α-hetero) is 2. The lowest BCUT2D eigenvalue weighted by Gasteiger charge is -2.39. The third-order valence-corrected chi connectivity index (χ3v) is 8.27. The summed E-state index contributed by atoms with van der Waals surface area (Å²) in [5.41, 5.74) is 5.37. The Kier molecular flexibility index (Phi) is 6.76. The van der Waals surface area contributed by atoms with Crippen molar-refractivity contribution >= 4 is 89.6 Å². The maximum absolute atomic E-state index is 13.4. The molecule has 0 radical (unpaired) electrons. The molecule has 1 aliphatic heterocycles. The lowest BCUT2D eigenvalue weighted by atomic mass is 10.2. The zero-order valence-corrected chi connectivity index (χ0v) is 22.3. The van der Waals surface area contributed by atoms with Crippen LogP contribution in [0.25, 0.3) is 10.2 Å². The molecule has 11 heteroatoms. The normalized spacial score (nSPS) is 17.3. The SMILES string of the molecule is CC(=O)C1=NN(c2cccc(Cl)c2)[C@@](NN(c2cccc(Cl)c2)c2nc3ccccc3s2)(C(C)=O)S1.